The fraction of sp³-hybridized carbons (Fsp3) is 0.417. The molecule has 0 aliphatic carbocycles. The van der Waals surface area contributed by atoms with E-state index in [0.717, 1.165) is 21.8 Å². The van der Waals surface area contributed by atoms with Gasteiger partial charge in [-0.05, 0) is 26.0 Å². The maximum absolute atomic E-state index is 14.9. The van der Waals surface area contributed by atoms with Crippen LogP contribution in [-0.2, 0) is 15.7 Å². The lowest BCUT2D eigenvalue weighted by atomic mass is 10.1. The Bertz CT molecular complexity index is 1510. The molecule has 1 aliphatic rings. The van der Waals surface area contributed by atoms with E-state index >= 15 is 0 Å². The van der Waals surface area contributed by atoms with E-state index in [1.807, 2.05) is 0 Å². The minimum absolute atomic E-state index is 0.0488. The zero-order chi connectivity index (χ0) is 30.3. The predicted octanol–water partition coefficient (Wildman–Crippen LogP) is 1.81. The number of anilines is 1. The van der Waals surface area contributed by atoms with Gasteiger partial charge in [0.05, 0.1) is 31.0 Å². The lowest BCUT2D eigenvalue weighted by molar-refractivity contribution is -0.147. The number of pyridine rings is 1. The first-order chi connectivity index (χ1) is 19.2. The minimum atomic E-state index is -4.79. The Hall–Kier alpha value is -4.70. The number of rotatable bonds is 6. The summed E-state index contributed by atoms with van der Waals surface area (Å²) in [7, 11) is 2.54. The molecule has 0 spiro atoms. The number of halogens is 4. The molecule has 0 unspecified atom stereocenters. The van der Waals surface area contributed by atoms with Gasteiger partial charge in [0.25, 0.3) is 11.8 Å². The zero-order valence-electron chi connectivity index (χ0n) is 22.2. The second kappa shape index (κ2) is 10.7. The third kappa shape index (κ3) is 5.64. The smallest absolute Gasteiger partial charge is 0.418 e. The summed E-state index contributed by atoms with van der Waals surface area (Å²) in [4.78, 5) is 46.5. The summed E-state index contributed by atoms with van der Waals surface area (Å²) in [5, 5.41) is 8.58. The van der Waals surface area contributed by atoms with E-state index in [2.05, 4.69) is 25.7 Å². The van der Waals surface area contributed by atoms with Gasteiger partial charge in [0.15, 0.2) is 11.4 Å². The summed E-state index contributed by atoms with van der Waals surface area (Å²) in [5.41, 5.74) is 2.27. The maximum Gasteiger partial charge on any atom is 0.418 e. The second-order valence-electron chi connectivity index (χ2n) is 9.58. The van der Waals surface area contributed by atoms with Gasteiger partial charge in [0.2, 0.25) is 5.88 Å². The molecule has 4 heterocycles. The second-order valence-corrected chi connectivity index (χ2v) is 9.58. The van der Waals surface area contributed by atoms with Crippen LogP contribution in [0.3, 0.4) is 0 Å². The fourth-order valence-electron chi connectivity index (χ4n) is 4.43. The number of carbonyl (C=O) groups excluding carboxylic acids is 3. The number of ether oxygens (including phenoxy) is 2. The highest BCUT2D eigenvalue weighted by Crippen LogP contribution is 2.39. The van der Waals surface area contributed by atoms with Crippen molar-refractivity contribution in [3.05, 3.63) is 35.8 Å². The molecule has 2 atom stereocenters. The molecule has 0 aromatic carbocycles. The molecular weight excluding hydrogens is 556 g/mol. The van der Waals surface area contributed by atoms with Crippen molar-refractivity contribution in [1.29, 1.82) is 0 Å². The van der Waals surface area contributed by atoms with Gasteiger partial charge < -0.3 is 30.7 Å². The Morgan fingerprint density at radius 1 is 1.15 bits per heavy atom. The number of nitrogens with zero attached hydrogens (tertiary/aromatic N) is 5. The molecule has 4 N–H and O–H groups in total. The number of hydrogen-bond acceptors (Lipinski definition) is 9. The van der Waals surface area contributed by atoms with Crippen LogP contribution >= 0.6 is 0 Å². The van der Waals surface area contributed by atoms with Crippen molar-refractivity contribution in [3.8, 4) is 17.1 Å². The Morgan fingerprint density at radius 3 is 2.49 bits per heavy atom. The summed E-state index contributed by atoms with van der Waals surface area (Å²) in [6.07, 6.45) is -5.16. The molecule has 13 nitrogen and oxygen atoms in total. The molecule has 3 aromatic heterocycles. The van der Waals surface area contributed by atoms with Gasteiger partial charge in [-0.25, -0.2) is 23.7 Å². The first-order valence-electron chi connectivity index (χ1n) is 12.1. The fourth-order valence-corrected chi connectivity index (χ4v) is 4.43. The number of nitrogens with one attached hydrogen (secondary N) is 2. The van der Waals surface area contributed by atoms with E-state index in [0.29, 0.717) is 0 Å². The van der Waals surface area contributed by atoms with Crippen molar-refractivity contribution in [3.63, 3.8) is 0 Å². The Kier molecular flexibility index (Phi) is 7.64. The van der Waals surface area contributed by atoms with Crippen LogP contribution in [0.1, 0.15) is 29.8 Å². The summed E-state index contributed by atoms with van der Waals surface area (Å²) in [6.45, 7) is 2.08. The number of carbonyl (C=O) groups is 3. The number of methoxy groups -OCH3 is 1. The average molecular weight is 583 g/mol. The van der Waals surface area contributed by atoms with Crippen LogP contribution in [0.2, 0.25) is 0 Å². The number of likely N-dealkylation sites (tertiary alicyclic amines) is 1. The van der Waals surface area contributed by atoms with Gasteiger partial charge >= 0.3 is 12.3 Å². The van der Waals surface area contributed by atoms with Crippen LogP contribution in [0.5, 0.6) is 5.88 Å². The molecule has 220 valence electrons. The van der Waals surface area contributed by atoms with Crippen LogP contribution in [0, 0.1) is 0 Å². The first-order valence-corrected chi connectivity index (χ1v) is 12.1. The monoisotopic (exact) mass is 582 g/mol. The molecule has 0 bridgehead atoms. The van der Waals surface area contributed by atoms with E-state index in [1.54, 1.807) is 0 Å². The van der Waals surface area contributed by atoms with Gasteiger partial charge in [0.1, 0.15) is 23.6 Å². The number of amides is 3. The van der Waals surface area contributed by atoms with Crippen molar-refractivity contribution in [2.24, 2.45) is 0 Å². The largest absolute Gasteiger partial charge is 0.480 e. The van der Waals surface area contributed by atoms with E-state index in [-0.39, 0.29) is 35.8 Å². The lowest BCUT2D eigenvalue weighted by Gasteiger charge is -2.28. The lowest BCUT2D eigenvalue weighted by Crippen LogP contribution is -2.49. The van der Waals surface area contributed by atoms with Crippen LogP contribution < -0.4 is 21.1 Å². The molecule has 0 radical (unpaired) electrons. The standard InChI is InChI=1S/C24H26F4N8O5/c1-23(2,41-22(39)30-3)21(38)35-8-14(25)15(9-35)34-19(37)12-5-11(7-31-20(12)40-4)16-6-13(24(26,27)28)17-18(29)32-10-33-36(16)17/h5-7,10,14-15H,8-9H2,1-4H3,(H,30,39)(H,34,37)(H2,29,32,33)/t14-,15+/m0/s1. The molecule has 17 heteroatoms. The molecule has 3 aromatic rings. The number of nitrogens with two attached hydrogens (primary N) is 1. The minimum Gasteiger partial charge on any atom is -0.480 e. The Balaban J connectivity index is 1.62. The van der Waals surface area contributed by atoms with Crippen molar-refractivity contribution in [1.82, 2.24) is 35.1 Å². The molecule has 4 rings (SSSR count). The van der Waals surface area contributed by atoms with E-state index < -0.39 is 58.8 Å². The molecule has 0 saturated carbocycles. The summed E-state index contributed by atoms with van der Waals surface area (Å²) in [5.74, 6) is -2.12. The van der Waals surface area contributed by atoms with Crippen molar-refractivity contribution in [2.75, 3.05) is 33.0 Å². The zero-order valence-corrected chi connectivity index (χ0v) is 22.2. The van der Waals surface area contributed by atoms with Gasteiger partial charge in [-0.1, -0.05) is 0 Å². The van der Waals surface area contributed by atoms with E-state index in [9.17, 15) is 31.9 Å². The Labute approximate surface area is 230 Å². The van der Waals surface area contributed by atoms with Gasteiger partial charge in [-0.2, -0.15) is 18.3 Å². The average Bonchev–Trinajstić information content (AvgIpc) is 3.49. The molecule has 41 heavy (non-hydrogen) atoms. The number of hydrogen-bond donors (Lipinski definition) is 3. The topological polar surface area (TPSA) is 166 Å². The number of alkyl halides is 4. The van der Waals surface area contributed by atoms with Gasteiger partial charge in [0, 0.05) is 25.4 Å². The van der Waals surface area contributed by atoms with Crippen LogP contribution in [0.25, 0.3) is 16.8 Å². The van der Waals surface area contributed by atoms with Crippen LogP contribution in [0.4, 0.5) is 28.2 Å². The summed E-state index contributed by atoms with van der Waals surface area (Å²) < 4.78 is 67.3. The van der Waals surface area contributed by atoms with Gasteiger partial charge in [-0.15, -0.1) is 0 Å². The van der Waals surface area contributed by atoms with Crippen LogP contribution in [0.15, 0.2) is 24.7 Å². The number of nitrogen functional groups attached to an aromatic ring is 1. The molecule has 1 aliphatic heterocycles. The van der Waals surface area contributed by atoms with Gasteiger partial charge in [-0.3, -0.25) is 9.59 Å². The summed E-state index contributed by atoms with van der Waals surface area (Å²) >= 11 is 0. The molecule has 1 fully saturated rings. The van der Waals surface area contributed by atoms with Crippen molar-refractivity contribution in [2.45, 2.75) is 37.8 Å². The van der Waals surface area contributed by atoms with Crippen LogP contribution in [-0.4, -0.2) is 87.5 Å². The Morgan fingerprint density at radius 2 is 1.85 bits per heavy atom. The molecular formula is C24H26F4N8O5. The SMILES string of the molecule is CNC(=O)OC(C)(C)C(=O)N1C[C@H](F)[C@H](NC(=O)c2cc(-c3cc(C(F)(F)F)c4c(N)ncnn34)cnc2OC)C1. The molecule has 1 saturated heterocycles. The van der Waals surface area contributed by atoms with Crippen molar-refractivity contribution < 1.29 is 41.4 Å². The first kappa shape index (κ1) is 29.3. The highest BCUT2D eigenvalue weighted by molar-refractivity contribution is 5.98. The van der Waals surface area contributed by atoms with Crippen molar-refractivity contribution >= 4 is 29.2 Å². The predicted molar refractivity (Wildman–Crippen MR) is 135 cm³/mol. The maximum atomic E-state index is 14.9. The molecule has 3 amide bonds. The highest BCUT2D eigenvalue weighted by atomic mass is 19.4. The third-order valence-electron chi connectivity index (χ3n) is 6.39. The number of aromatic nitrogens is 4. The summed E-state index contributed by atoms with van der Waals surface area (Å²) in [6, 6.07) is 0.855. The third-order valence-corrected chi connectivity index (χ3v) is 6.39. The number of alkyl carbamates (subject to hydrolysis) is 1. The normalized spacial score (nSPS) is 17.4. The quantitative estimate of drug-likeness (QED) is 0.368. The van der Waals surface area contributed by atoms with E-state index in [1.165, 1.54) is 40.3 Å². The highest BCUT2D eigenvalue weighted by Gasteiger charge is 2.43. The number of fused-ring (bicyclic) bond motifs is 1. The van der Waals surface area contributed by atoms with E-state index in [4.69, 9.17) is 15.2 Å².